The monoisotopic (exact) mass is 410 g/mol. The van der Waals surface area contributed by atoms with E-state index < -0.39 is 0 Å². The maximum Gasteiger partial charge on any atom is 0.124 e. The molecule has 2 rings (SSSR count). The Morgan fingerprint density at radius 2 is 1.03 bits per heavy atom. The van der Waals surface area contributed by atoms with Crippen molar-refractivity contribution in [2.45, 2.75) is 27.7 Å². The van der Waals surface area contributed by atoms with Gasteiger partial charge in [0.1, 0.15) is 11.5 Å². The number of phenols is 2. The topological polar surface area (TPSA) is 71.7 Å². The average molecular weight is 411 g/mol. The minimum Gasteiger partial charge on any atom is -0.507 e. The summed E-state index contributed by atoms with van der Waals surface area (Å²) in [5.74, 6) is 0.438. The number of rotatable bonds is 11. The molecule has 0 amide bonds. The van der Waals surface area contributed by atoms with Crippen molar-refractivity contribution in [3.05, 3.63) is 47.5 Å². The minimum atomic E-state index is 0.219. The van der Waals surface area contributed by atoms with E-state index in [1.807, 2.05) is 24.3 Å². The molecule has 2 aromatic rings. The highest BCUT2D eigenvalue weighted by Gasteiger charge is 2.06. The van der Waals surface area contributed by atoms with Gasteiger partial charge in [0.15, 0.2) is 0 Å². The largest absolute Gasteiger partial charge is 0.507 e. The van der Waals surface area contributed by atoms with E-state index in [-0.39, 0.29) is 11.5 Å². The Labute approximate surface area is 180 Å². The van der Waals surface area contributed by atoms with Gasteiger partial charge in [0, 0.05) is 61.1 Å². The number of hydrogen-bond donors (Lipinski definition) is 2. The standard InChI is InChI=1S/C24H34N4O2/c1-5-27(6-2)21-9-11-23(29)19(15-21)17-25-13-14-26-18-20-16-22(10-12-24(20)30)28(7-3)8-4/h9-12,15-18,29-30H,5-8,13-14H2,1-4H3. The van der Waals surface area contributed by atoms with Gasteiger partial charge in [-0.2, -0.15) is 0 Å². The average Bonchev–Trinajstić information content (AvgIpc) is 2.76. The van der Waals surface area contributed by atoms with Crippen molar-refractivity contribution in [1.29, 1.82) is 0 Å². The molecule has 2 N–H and O–H groups in total. The Balaban J connectivity index is 1.98. The van der Waals surface area contributed by atoms with Gasteiger partial charge in [0.2, 0.25) is 0 Å². The van der Waals surface area contributed by atoms with Crippen molar-refractivity contribution < 1.29 is 10.2 Å². The van der Waals surface area contributed by atoms with Crippen LogP contribution in [0.2, 0.25) is 0 Å². The molecular formula is C24H34N4O2. The quantitative estimate of drug-likeness (QED) is 0.427. The predicted octanol–water partition coefficient (Wildman–Crippen LogP) is 4.33. The van der Waals surface area contributed by atoms with Gasteiger partial charge < -0.3 is 20.0 Å². The third-order valence-corrected chi connectivity index (χ3v) is 5.10. The van der Waals surface area contributed by atoms with Gasteiger partial charge in [-0.3, -0.25) is 9.98 Å². The summed E-state index contributed by atoms with van der Waals surface area (Å²) in [6.07, 6.45) is 3.38. The maximum absolute atomic E-state index is 10.1. The van der Waals surface area contributed by atoms with Crippen molar-refractivity contribution in [2.75, 3.05) is 49.1 Å². The van der Waals surface area contributed by atoms with E-state index in [2.05, 4.69) is 47.5 Å². The highest BCUT2D eigenvalue weighted by Crippen LogP contribution is 2.24. The van der Waals surface area contributed by atoms with Gasteiger partial charge in [-0.1, -0.05) is 0 Å². The second-order valence-electron chi connectivity index (χ2n) is 6.90. The summed E-state index contributed by atoms with van der Waals surface area (Å²) in [5.41, 5.74) is 3.54. The van der Waals surface area contributed by atoms with Crippen molar-refractivity contribution in [3.63, 3.8) is 0 Å². The van der Waals surface area contributed by atoms with E-state index >= 15 is 0 Å². The van der Waals surface area contributed by atoms with Crippen LogP contribution in [0.25, 0.3) is 0 Å². The highest BCUT2D eigenvalue weighted by molar-refractivity contribution is 5.86. The van der Waals surface area contributed by atoms with Crippen LogP contribution >= 0.6 is 0 Å². The first-order valence-corrected chi connectivity index (χ1v) is 10.7. The van der Waals surface area contributed by atoms with Crippen LogP contribution in [0, 0.1) is 0 Å². The molecule has 0 atom stereocenters. The molecule has 0 saturated carbocycles. The third kappa shape index (κ3) is 6.24. The van der Waals surface area contributed by atoms with Crippen LogP contribution in [0.3, 0.4) is 0 Å². The highest BCUT2D eigenvalue weighted by atomic mass is 16.3. The summed E-state index contributed by atoms with van der Waals surface area (Å²) < 4.78 is 0. The second kappa shape index (κ2) is 11.9. The SMILES string of the molecule is CCN(CC)c1ccc(O)c(C=NCCN=Cc2cc(N(CC)CC)ccc2O)c1. The van der Waals surface area contributed by atoms with E-state index in [4.69, 9.17) is 0 Å². The molecule has 0 bridgehead atoms. The zero-order chi connectivity index (χ0) is 21.9. The summed E-state index contributed by atoms with van der Waals surface area (Å²) in [4.78, 5) is 13.2. The molecule has 162 valence electrons. The van der Waals surface area contributed by atoms with Crippen molar-refractivity contribution in [1.82, 2.24) is 0 Å². The Hall–Kier alpha value is -3.02. The molecular weight excluding hydrogens is 376 g/mol. The van der Waals surface area contributed by atoms with Crippen LogP contribution in [-0.4, -0.2) is 61.9 Å². The predicted molar refractivity (Wildman–Crippen MR) is 128 cm³/mol. The van der Waals surface area contributed by atoms with Crippen LogP contribution in [-0.2, 0) is 0 Å². The first-order chi connectivity index (χ1) is 14.5. The molecule has 30 heavy (non-hydrogen) atoms. The van der Waals surface area contributed by atoms with Crippen LogP contribution in [0.5, 0.6) is 11.5 Å². The second-order valence-corrected chi connectivity index (χ2v) is 6.90. The number of anilines is 2. The molecule has 0 saturated heterocycles. The van der Waals surface area contributed by atoms with Gasteiger partial charge in [-0.05, 0) is 64.1 Å². The molecule has 0 radical (unpaired) electrons. The molecule has 2 aromatic carbocycles. The van der Waals surface area contributed by atoms with Crippen LogP contribution in [0.15, 0.2) is 46.4 Å². The smallest absolute Gasteiger partial charge is 0.124 e. The molecule has 0 aromatic heterocycles. The number of aromatic hydroxyl groups is 2. The van der Waals surface area contributed by atoms with E-state index in [0.717, 1.165) is 37.6 Å². The van der Waals surface area contributed by atoms with Crippen molar-refractivity contribution in [2.24, 2.45) is 9.98 Å². The summed E-state index contributed by atoms with van der Waals surface area (Å²) in [7, 11) is 0. The fourth-order valence-corrected chi connectivity index (χ4v) is 3.30. The zero-order valence-corrected chi connectivity index (χ0v) is 18.5. The molecule has 0 fully saturated rings. The van der Waals surface area contributed by atoms with Crippen LogP contribution < -0.4 is 9.80 Å². The van der Waals surface area contributed by atoms with E-state index in [9.17, 15) is 10.2 Å². The Kier molecular flexibility index (Phi) is 9.19. The lowest BCUT2D eigenvalue weighted by atomic mass is 10.1. The van der Waals surface area contributed by atoms with Crippen LogP contribution in [0.4, 0.5) is 11.4 Å². The zero-order valence-electron chi connectivity index (χ0n) is 18.5. The molecule has 0 spiro atoms. The number of nitrogens with zero attached hydrogens (tertiary/aromatic N) is 4. The lowest BCUT2D eigenvalue weighted by molar-refractivity contribution is 0.474. The lowest BCUT2D eigenvalue weighted by Crippen LogP contribution is -2.21. The van der Waals surface area contributed by atoms with E-state index in [1.54, 1.807) is 24.6 Å². The fraction of sp³-hybridized carbons (Fsp3) is 0.417. The minimum absolute atomic E-state index is 0.219. The van der Waals surface area contributed by atoms with Crippen molar-refractivity contribution >= 4 is 23.8 Å². The Morgan fingerprint density at radius 1 is 0.667 bits per heavy atom. The summed E-state index contributed by atoms with van der Waals surface area (Å²) >= 11 is 0. The molecule has 0 unspecified atom stereocenters. The van der Waals surface area contributed by atoms with Gasteiger partial charge in [0.05, 0.1) is 13.1 Å². The number of hydrogen-bond acceptors (Lipinski definition) is 6. The van der Waals surface area contributed by atoms with Gasteiger partial charge >= 0.3 is 0 Å². The Morgan fingerprint density at radius 3 is 1.37 bits per heavy atom. The normalized spacial score (nSPS) is 11.5. The molecule has 0 aliphatic rings. The molecule has 6 nitrogen and oxygen atoms in total. The first kappa shape index (κ1) is 23.3. The third-order valence-electron chi connectivity index (χ3n) is 5.10. The molecule has 0 heterocycles. The lowest BCUT2D eigenvalue weighted by Gasteiger charge is -2.21. The summed E-state index contributed by atoms with van der Waals surface area (Å²) in [6.45, 7) is 13.1. The van der Waals surface area contributed by atoms with Gasteiger partial charge in [0.25, 0.3) is 0 Å². The number of benzene rings is 2. The number of aliphatic imine (C=N–C) groups is 2. The summed E-state index contributed by atoms with van der Waals surface area (Å²) in [5, 5.41) is 20.2. The molecule has 6 heteroatoms. The fourth-order valence-electron chi connectivity index (χ4n) is 3.30. The Bertz CT molecular complexity index is 785. The first-order valence-electron chi connectivity index (χ1n) is 10.7. The van der Waals surface area contributed by atoms with Gasteiger partial charge in [-0.25, -0.2) is 0 Å². The maximum atomic E-state index is 10.1. The molecule has 0 aliphatic heterocycles. The number of phenolic OH excluding ortho intramolecular Hbond substituents is 2. The molecule has 0 aliphatic carbocycles. The van der Waals surface area contributed by atoms with Crippen molar-refractivity contribution in [3.8, 4) is 11.5 Å². The van der Waals surface area contributed by atoms with E-state index in [1.165, 1.54) is 0 Å². The van der Waals surface area contributed by atoms with Gasteiger partial charge in [-0.15, -0.1) is 0 Å². The van der Waals surface area contributed by atoms with E-state index in [0.29, 0.717) is 24.2 Å². The summed E-state index contributed by atoms with van der Waals surface area (Å²) in [6, 6.07) is 11.2. The van der Waals surface area contributed by atoms with Crippen LogP contribution in [0.1, 0.15) is 38.8 Å².